The van der Waals surface area contributed by atoms with Crippen LogP contribution in [-0.2, 0) is 20.9 Å². The summed E-state index contributed by atoms with van der Waals surface area (Å²) in [5, 5.41) is 2.50. The summed E-state index contributed by atoms with van der Waals surface area (Å²) in [4.78, 5) is 35.6. The number of hydrogen-bond donors (Lipinski definition) is 1. The third kappa shape index (κ3) is 2.74. The Morgan fingerprint density at radius 2 is 1.85 bits per heavy atom. The van der Waals surface area contributed by atoms with Crippen molar-refractivity contribution >= 4 is 17.7 Å². The van der Waals surface area contributed by atoms with Crippen LogP contribution in [0.1, 0.15) is 12.5 Å². The summed E-state index contributed by atoms with van der Waals surface area (Å²) in [5.41, 5.74) is 0.338. The fourth-order valence-corrected chi connectivity index (χ4v) is 1.88. The van der Waals surface area contributed by atoms with Crippen molar-refractivity contribution in [1.29, 1.82) is 0 Å². The van der Waals surface area contributed by atoms with Crippen molar-refractivity contribution in [2.24, 2.45) is 0 Å². The fourth-order valence-electron chi connectivity index (χ4n) is 1.88. The molecule has 0 saturated heterocycles. The Labute approximate surface area is 115 Å². The topological polar surface area (TPSA) is 66.5 Å². The van der Waals surface area contributed by atoms with Gasteiger partial charge in [0.25, 0.3) is 11.8 Å². The van der Waals surface area contributed by atoms with Gasteiger partial charge >= 0.3 is 0 Å². The monoisotopic (exact) mass is 276 g/mol. The molecule has 0 bridgehead atoms. The SMILES string of the molecule is C[C@@H](C(=O)NCc1ccccc1F)N1C(=O)C=CC1=O. The molecule has 1 heterocycles. The Bertz CT molecular complexity index is 580. The smallest absolute Gasteiger partial charge is 0.254 e. The highest BCUT2D eigenvalue weighted by atomic mass is 19.1. The first kappa shape index (κ1) is 13.9. The van der Waals surface area contributed by atoms with Crippen molar-refractivity contribution in [3.05, 3.63) is 47.8 Å². The number of carbonyl (C=O) groups is 3. The number of hydrogen-bond acceptors (Lipinski definition) is 3. The normalized spacial score (nSPS) is 15.6. The highest BCUT2D eigenvalue weighted by Crippen LogP contribution is 2.10. The van der Waals surface area contributed by atoms with E-state index in [2.05, 4.69) is 5.32 Å². The predicted octanol–water partition coefficient (Wildman–Crippen LogP) is 0.755. The van der Waals surface area contributed by atoms with Crippen molar-refractivity contribution in [2.75, 3.05) is 0 Å². The average Bonchev–Trinajstić information content (AvgIpc) is 2.76. The maximum atomic E-state index is 13.4. The second-order valence-corrected chi connectivity index (χ2v) is 4.36. The number of nitrogens with zero attached hydrogens (tertiary/aromatic N) is 1. The van der Waals surface area contributed by atoms with Crippen molar-refractivity contribution in [3.8, 4) is 0 Å². The van der Waals surface area contributed by atoms with Gasteiger partial charge in [-0.15, -0.1) is 0 Å². The molecule has 0 unspecified atom stereocenters. The molecule has 104 valence electrons. The van der Waals surface area contributed by atoms with Gasteiger partial charge < -0.3 is 5.32 Å². The molecule has 0 fully saturated rings. The van der Waals surface area contributed by atoms with E-state index < -0.39 is 29.6 Å². The number of halogens is 1. The molecule has 20 heavy (non-hydrogen) atoms. The van der Waals surface area contributed by atoms with E-state index in [9.17, 15) is 18.8 Å². The molecule has 2 rings (SSSR count). The largest absolute Gasteiger partial charge is 0.350 e. The van der Waals surface area contributed by atoms with Gasteiger partial charge in [-0.3, -0.25) is 19.3 Å². The Morgan fingerprint density at radius 1 is 1.25 bits per heavy atom. The van der Waals surface area contributed by atoms with E-state index in [-0.39, 0.29) is 6.54 Å². The Kier molecular flexibility index (Phi) is 3.93. The molecule has 1 aliphatic rings. The summed E-state index contributed by atoms with van der Waals surface area (Å²) in [6, 6.07) is 5.12. The molecule has 3 amide bonds. The predicted molar refractivity (Wildman–Crippen MR) is 68.7 cm³/mol. The molecule has 1 aromatic rings. The molecule has 0 spiro atoms. The molecule has 1 aromatic carbocycles. The standard InChI is InChI=1S/C14H13FN2O3/c1-9(17-12(18)6-7-13(17)19)14(20)16-8-10-4-2-3-5-11(10)15/h2-7,9H,8H2,1H3,(H,16,20)/t9-/m0/s1. The van der Waals surface area contributed by atoms with Crippen LogP contribution in [0.15, 0.2) is 36.4 Å². The second kappa shape index (κ2) is 5.64. The average molecular weight is 276 g/mol. The van der Waals surface area contributed by atoms with Crippen LogP contribution in [0.3, 0.4) is 0 Å². The van der Waals surface area contributed by atoms with Crippen molar-refractivity contribution in [3.63, 3.8) is 0 Å². The van der Waals surface area contributed by atoms with Crippen LogP contribution in [0.5, 0.6) is 0 Å². The highest BCUT2D eigenvalue weighted by Gasteiger charge is 2.32. The number of benzene rings is 1. The molecular formula is C14H13FN2O3. The van der Waals surface area contributed by atoms with Crippen LogP contribution in [0.25, 0.3) is 0 Å². The summed E-state index contributed by atoms with van der Waals surface area (Å²) in [6.45, 7) is 1.44. The van der Waals surface area contributed by atoms with Gasteiger partial charge in [0, 0.05) is 24.3 Å². The molecule has 0 radical (unpaired) electrons. The summed E-state index contributed by atoms with van der Waals surface area (Å²) in [7, 11) is 0. The zero-order valence-electron chi connectivity index (χ0n) is 10.8. The highest BCUT2D eigenvalue weighted by molar-refractivity contribution is 6.15. The van der Waals surface area contributed by atoms with E-state index >= 15 is 0 Å². The minimum atomic E-state index is -0.934. The van der Waals surface area contributed by atoms with Gasteiger partial charge in [0.05, 0.1) is 0 Å². The molecule has 1 aliphatic heterocycles. The Morgan fingerprint density at radius 3 is 2.45 bits per heavy atom. The van der Waals surface area contributed by atoms with E-state index in [4.69, 9.17) is 0 Å². The van der Waals surface area contributed by atoms with Gasteiger partial charge in [-0.2, -0.15) is 0 Å². The number of imide groups is 1. The molecule has 6 heteroatoms. The van der Waals surface area contributed by atoms with Gasteiger partial charge in [-0.25, -0.2) is 4.39 Å². The summed E-state index contributed by atoms with van der Waals surface area (Å²) >= 11 is 0. The number of nitrogens with one attached hydrogen (secondary N) is 1. The van der Waals surface area contributed by atoms with Gasteiger partial charge in [0.2, 0.25) is 5.91 Å². The zero-order valence-corrected chi connectivity index (χ0v) is 10.8. The number of rotatable bonds is 4. The van der Waals surface area contributed by atoms with Crippen molar-refractivity contribution in [1.82, 2.24) is 10.2 Å². The maximum absolute atomic E-state index is 13.4. The van der Waals surface area contributed by atoms with E-state index in [0.717, 1.165) is 17.1 Å². The van der Waals surface area contributed by atoms with E-state index in [1.807, 2.05) is 0 Å². The quantitative estimate of drug-likeness (QED) is 0.825. The molecule has 1 N–H and O–H groups in total. The van der Waals surface area contributed by atoms with Crippen LogP contribution >= 0.6 is 0 Å². The molecule has 0 aliphatic carbocycles. The van der Waals surface area contributed by atoms with Gasteiger partial charge in [0.1, 0.15) is 11.9 Å². The zero-order chi connectivity index (χ0) is 14.7. The first-order chi connectivity index (χ1) is 9.50. The first-order valence-electron chi connectivity index (χ1n) is 6.07. The molecule has 5 nitrogen and oxygen atoms in total. The van der Waals surface area contributed by atoms with E-state index in [1.165, 1.54) is 13.0 Å². The fraction of sp³-hybridized carbons (Fsp3) is 0.214. The summed E-state index contributed by atoms with van der Waals surface area (Å²) < 4.78 is 13.4. The van der Waals surface area contributed by atoms with Crippen LogP contribution < -0.4 is 5.32 Å². The lowest BCUT2D eigenvalue weighted by Gasteiger charge is -2.21. The van der Waals surface area contributed by atoms with Crippen LogP contribution in [0.2, 0.25) is 0 Å². The van der Waals surface area contributed by atoms with Crippen molar-refractivity contribution < 1.29 is 18.8 Å². The second-order valence-electron chi connectivity index (χ2n) is 4.36. The van der Waals surface area contributed by atoms with Crippen LogP contribution in [0, 0.1) is 5.82 Å². The third-order valence-corrected chi connectivity index (χ3v) is 3.02. The lowest BCUT2D eigenvalue weighted by Crippen LogP contribution is -2.47. The lowest BCUT2D eigenvalue weighted by atomic mass is 10.2. The first-order valence-corrected chi connectivity index (χ1v) is 6.07. The van der Waals surface area contributed by atoms with Gasteiger partial charge in [-0.1, -0.05) is 18.2 Å². The van der Waals surface area contributed by atoms with Gasteiger partial charge in [0.15, 0.2) is 0 Å². The Balaban J connectivity index is 1.97. The van der Waals surface area contributed by atoms with Crippen molar-refractivity contribution in [2.45, 2.75) is 19.5 Å². The Hall–Kier alpha value is -2.50. The summed E-state index contributed by atoms with van der Waals surface area (Å²) in [6.07, 6.45) is 2.23. The maximum Gasteiger partial charge on any atom is 0.254 e. The van der Waals surface area contributed by atoms with Crippen LogP contribution in [-0.4, -0.2) is 28.7 Å². The third-order valence-electron chi connectivity index (χ3n) is 3.02. The lowest BCUT2D eigenvalue weighted by molar-refractivity contribution is -0.144. The number of carbonyl (C=O) groups excluding carboxylic acids is 3. The van der Waals surface area contributed by atoms with E-state index in [0.29, 0.717) is 5.56 Å². The number of amides is 3. The minimum absolute atomic E-state index is 0.000500. The summed E-state index contributed by atoms with van der Waals surface area (Å²) in [5.74, 6) is -1.99. The molecule has 0 aromatic heterocycles. The van der Waals surface area contributed by atoms with E-state index in [1.54, 1.807) is 18.2 Å². The van der Waals surface area contributed by atoms with Gasteiger partial charge in [-0.05, 0) is 13.0 Å². The molecule has 1 atom stereocenters. The minimum Gasteiger partial charge on any atom is -0.350 e. The van der Waals surface area contributed by atoms with Crippen LogP contribution in [0.4, 0.5) is 4.39 Å². The molecule has 0 saturated carbocycles. The molecular weight excluding hydrogens is 263 g/mol.